The van der Waals surface area contributed by atoms with E-state index in [0.29, 0.717) is 10.0 Å². The monoisotopic (exact) mass is 216 g/mol. The van der Waals surface area contributed by atoms with Crippen LogP contribution in [0, 0.1) is 0 Å². The predicted octanol–water partition coefficient (Wildman–Crippen LogP) is 2.77. The normalized spacial score (nSPS) is 9.77. The van der Waals surface area contributed by atoms with Crippen molar-refractivity contribution >= 4 is 34.8 Å². The number of halogens is 2. The van der Waals surface area contributed by atoms with E-state index in [4.69, 9.17) is 23.2 Å². The SMILES string of the molecule is CC(=O)C(=O)c1cc(Cl)cc(Cl)c1. The molecule has 0 amide bonds. The summed E-state index contributed by atoms with van der Waals surface area (Å²) in [5.41, 5.74) is 0.227. The van der Waals surface area contributed by atoms with Crippen LogP contribution in [0.2, 0.25) is 10.0 Å². The first-order chi connectivity index (χ1) is 6.00. The molecule has 0 unspecified atom stereocenters. The fourth-order valence-electron chi connectivity index (χ4n) is 0.888. The van der Waals surface area contributed by atoms with Crippen molar-refractivity contribution in [3.63, 3.8) is 0 Å². The van der Waals surface area contributed by atoms with E-state index in [1.807, 2.05) is 0 Å². The van der Waals surface area contributed by atoms with Gasteiger partial charge in [0.15, 0.2) is 5.78 Å². The highest BCUT2D eigenvalue weighted by Gasteiger charge is 2.12. The van der Waals surface area contributed by atoms with Gasteiger partial charge >= 0.3 is 0 Å². The molecule has 0 heterocycles. The first-order valence-corrected chi connectivity index (χ1v) is 4.27. The molecule has 0 fully saturated rings. The summed E-state index contributed by atoms with van der Waals surface area (Å²) in [5.74, 6) is -1.11. The molecule has 0 aliphatic heterocycles. The van der Waals surface area contributed by atoms with E-state index >= 15 is 0 Å². The zero-order valence-electron chi connectivity index (χ0n) is 6.80. The molecule has 0 bridgehead atoms. The third kappa shape index (κ3) is 2.54. The van der Waals surface area contributed by atoms with Crippen molar-refractivity contribution in [3.8, 4) is 0 Å². The summed E-state index contributed by atoms with van der Waals surface area (Å²) in [5, 5.41) is 0.689. The third-order valence-corrected chi connectivity index (χ3v) is 1.88. The molecule has 0 spiro atoms. The van der Waals surface area contributed by atoms with E-state index in [9.17, 15) is 9.59 Å². The molecule has 13 heavy (non-hydrogen) atoms. The lowest BCUT2D eigenvalue weighted by Crippen LogP contribution is -2.09. The van der Waals surface area contributed by atoms with Crippen LogP contribution in [-0.2, 0) is 4.79 Å². The largest absolute Gasteiger partial charge is 0.291 e. The first-order valence-electron chi connectivity index (χ1n) is 3.52. The highest BCUT2D eigenvalue weighted by molar-refractivity contribution is 6.44. The van der Waals surface area contributed by atoms with Crippen LogP contribution in [0.15, 0.2) is 18.2 Å². The molecule has 1 aromatic carbocycles. The maximum Gasteiger partial charge on any atom is 0.228 e. The Morgan fingerprint density at radius 3 is 1.92 bits per heavy atom. The summed E-state index contributed by atoms with van der Waals surface area (Å²) in [4.78, 5) is 21.9. The number of carbonyl (C=O) groups is 2. The molecule has 0 saturated heterocycles. The zero-order chi connectivity index (χ0) is 10.0. The van der Waals surface area contributed by atoms with E-state index in [1.165, 1.54) is 25.1 Å². The lowest BCUT2D eigenvalue weighted by Gasteiger charge is -1.98. The number of hydrogen-bond acceptors (Lipinski definition) is 2. The van der Waals surface area contributed by atoms with Gasteiger partial charge in [-0.3, -0.25) is 9.59 Å². The van der Waals surface area contributed by atoms with Crippen LogP contribution in [0.1, 0.15) is 17.3 Å². The van der Waals surface area contributed by atoms with Gasteiger partial charge in [0.2, 0.25) is 5.78 Å². The zero-order valence-corrected chi connectivity index (χ0v) is 8.32. The van der Waals surface area contributed by atoms with Gasteiger partial charge in [-0.05, 0) is 18.2 Å². The van der Waals surface area contributed by atoms with Gasteiger partial charge < -0.3 is 0 Å². The molecule has 0 saturated carbocycles. The van der Waals surface area contributed by atoms with Gasteiger partial charge in [0, 0.05) is 22.5 Å². The van der Waals surface area contributed by atoms with Gasteiger partial charge in [-0.2, -0.15) is 0 Å². The lowest BCUT2D eigenvalue weighted by atomic mass is 10.1. The molecule has 0 N–H and O–H groups in total. The Morgan fingerprint density at radius 2 is 1.54 bits per heavy atom. The van der Waals surface area contributed by atoms with E-state index in [0.717, 1.165) is 0 Å². The molecular weight excluding hydrogens is 211 g/mol. The first kappa shape index (κ1) is 10.2. The second kappa shape index (κ2) is 3.90. The van der Waals surface area contributed by atoms with Gasteiger partial charge in [-0.15, -0.1) is 0 Å². The maximum atomic E-state index is 11.2. The fraction of sp³-hybridized carbons (Fsp3) is 0.111. The lowest BCUT2D eigenvalue weighted by molar-refractivity contribution is -0.113. The predicted molar refractivity (Wildman–Crippen MR) is 51.5 cm³/mol. The number of ketones is 2. The van der Waals surface area contributed by atoms with Crippen LogP contribution >= 0.6 is 23.2 Å². The van der Waals surface area contributed by atoms with Crippen LogP contribution in [0.4, 0.5) is 0 Å². The fourth-order valence-corrected chi connectivity index (χ4v) is 1.41. The Hall–Kier alpha value is -0.860. The number of benzene rings is 1. The minimum atomic E-state index is -0.579. The van der Waals surface area contributed by atoms with E-state index in [2.05, 4.69) is 0 Å². The van der Waals surface area contributed by atoms with Crippen molar-refractivity contribution in [1.29, 1.82) is 0 Å². The Morgan fingerprint density at radius 1 is 1.08 bits per heavy atom. The molecule has 0 radical (unpaired) electrons. The standard InChI is InChI=1S/C9H6Cl2O2/c1-5(12)9(13)6-2-7(10)4-8(11)3-6/h2-4H,1H3. The smallest absolute Gasteiger partial charge is 0.228 e. The quantitative estimate of drug-likeness (QED) is 0.563. The van der Waals surface area contributed by atoms with Crippen molar-refractivity contribution in [2.75, 3.05) is 0 Å². The van der Waals surface area contributed by atoms with E-state index in [-0.39, 0.29) is 5.56 Å². The molecule has 2 nitrogen and oxygen atoms in total. The van der Waals surface area contributed by atoms with Crippen LogP contribution in [-0.4, -0.2) is 11.6 Å². The average molecular weight is 217 g/mol. The molecular formula is C9H6Cl2O2. The van der Waals surface area contributed by atoms with Crippen molar-refractivity contribution < 1.29 is 9.59 Å². The van der Waals surface area contributed by atoms with Crippen molar-refractivity contribution in [1.82, 2.24) is 0 Å². The number of Topliss-reactive ketones (excluding diaryl/α,β-unsaturated/α-hetero) is 2. The highest BCUT2D eigenvalue weighted by atomic mass is 35.5. The number of hydrogen-bond donors (Lipinski definition) is 0. The molecule has 68 valence electrons. The van der Waals surface area contributed by atoms with E-state index in [1.54, 1.807) is 0 Å². The van der Waals surface area contributed by atoms with Crippen molar-refractivity contribution in [3.05, 3.63) is 33.8 Å². The van der Waals surface area contributed by atoms with Gasteiger partial charge in [-0.25, -0.2) is 0 Å². The summed E-state index contributed by atoms with van der Waals surface area (Å²) in [6.07, 6.45) is 0. The van der Waals surface area contributed by atoms with Crippen LogP contribution in [0.25, 0.3) is 0 Å². The van der Waals surface area contributed by atoms with Crippen LogP contribution in [0.3, 0.4) is 0 Å². The molecule has 0 aliphatic rings. The second-order valence-corrected chi connectivity index (χ2v) is 3.42. The highest BCUT2D eigenvalue weighted by Crippen LogP contribution is 2.19. The van der Waals surface area contributed by atoms with Crippen LogP contribution in [0.5, 0.6) is 0 Å². The Bertz CT molecular complexity index is 352. The summed E-state index contributed by atoms with van der Waals surface area (Å²) in [6, 6.07) is 4.33. The van der Waals surface area contributed by atoms with Gasteiger partial charge in [0.05, 0.1) is 0 Å². The number of carbonyl (C=O) groups excluding carboxylic acids is 2. The Labute approximate surface area is 85.5 Å². The second-order valence-electron chi connectivity index (χ2n) is 2.54. The third-order valence-electron chi connectivity index (χ3n) is 1.44. The summed E-state index contributed by atoms with van der Waals surface area (Å²) in [7, 11) is 0. The summed E-state index contributed by atoms with van der Waals surface area (Å²) >= 11 is 11.3. The molecule has 1 rings (SSSR count). The van der Waals surface area contributed by atoms with Gasteiger partial charge in [0.1, 0.15) is 0 Å². The van der Waals surface area contributed by atoms with E-state index < -0.39 is 11.6 Å². The molecule has 0 aromatic heterocycles. The summed E-state index contributed by atoms with van der Waals surface area (Å²) < 4.78 is 0. The average Bonchev–Trinajstić information content (AvgIpc) is 2.01. The van der Waals surface area contributed by atoms with Gasteiger partial charge in [-0.1, -0.05) is 23.2 Å². The maximum absolute atomic E-state index is 11.2. The Balaban J connectivity index is 3.15. The number of rotatable bonds is 2. The molecule has 1 aromatic rings. The summed E-state index contributed by atoms with van der Waals surface area (Å²) in [6.45, 7) is 1.21. The minimum Gasteiger partial charge on any atom is -0.291 e. The molecule has 0 atom stereocenters. The topological polar surface area (TPSA) is 34.1 Å². The van der Waals surface area contributed by atoms with Crippen molar-refractivity contribution in [2.24, 2.45) is 0 Å². The van der Waals surface area contributed by atoms with Crippen molar-refractivity contribution in [2.45, 2.75) is 6.92 Å². The minimum absolute atomic E-state index is 0.227. The molecule has 0 aliphatic carbocycles. The van der Waals surface area contributed by atoms with Gasteiger partial charge in [0.25, 0.3) is 0 Å². The molecule has 4 heteroatoms. The Kier molecular flexibility index (Phi) is 3.07. The van der Waals surface area contributed by atoms with Crippen LogP contribution < -0.4 is 0 Å².